The molecule has 0 saturated heterocycles. The molecule has 0 saturated carbocycles. The first kappa shape index (κ1) is 14.5. The number of benzene rings is 1. The average molecular weight is 247 g/mol. The number of hydrogen-bond acceptors (Lipinski definition) is 2. The van der Waals surface area contributed by atoms with Gasteiger partial charge in [-0.05, 0) is 30.0 Å². The first-order valence-corrected chi connectivity index (χ1v) is 6.22. The highest BCUT2D eigenvalue weighted by molar-refractivity contribution is 5.91. The van der Waals surface area contributed by atoms with Crippen molar-refractivity contribution < 1.29 is 9.90 Å². The first-order chi connectivity index (χ1) is 8.52. The van der Waals surface area contributed by atoms with Crippen LogP contribution in [0.1, 0.15) is 37.8 Å². The van der Waals surface area contributed by atoms with Crippen LogP contribution >= 0.6 is 0 Å². The van der Waals surface area contributed by atoms with Crippen LogP contribution in [0.15, 0.2) is 30.3 Å². The molecule has 0 aliphatic carbocycles. The first-order valence-electron chi connectivity index (χ1n) is 6.22. The number of amides is 1. The van der Waals surface area contributed by atoms with Crippen LogP contribution in [0.3, 0.4) is 0 Å². The smallest absolute Gasteiger partial charge is 0.244 e. The second-order valence-electron chi connectivity index (χ2n) is 4.75. The van der Waals surface area contributed by atoms with Crippen LogP contribution in [0.5, 0.6) is 0 Å². The van der Waals surface area contributed by atoms with E-state index >= 15 is 0 Å². The lowest BCUT2D eigenvalue weighted by Crippen LogP contribution is -2.33. The highest BCUT2D eigenvalue weighted by Gasteiger charge is 2.02. The fourth-order valence-electron chi connectivity index (χ4n) is 1.50. The Balaban J connectivity index is 2.59. The Bertz CT molecular complexity index is 407. The van der Waals surface area contributed by atoms with Gasteiger partial charge in [0.25, 0.3) is 0 Å². The van der Waals surface area contributed by atoms with Gasteiger partial charge in [0.05, 0.1) is 6.61 Å². The fraction of sp³-hybridized carbons (Fsp3) is 0.400. The standard InChI is InChI=1S/C15H21NO2/c1-11(2)14-7-4-13(5-8-14)6-9-15(18)16-12(3)10-17/h4-9,11-12,17H,10H2,1-3H3,(H,16,18)/b9-6+. The molecule has 3 heteroatoms. The minimum absolute atomic E-state index is 0.0529. The molecule has 0 fully saturated rings. The van der Waals surface area contributed by atoms with E-state index in [2.05, 4.69) is 31.3 Å². The second kappa shape index (κ2) is 6.97. The largest absolute Gasteiger partial charge is 0.394 e. The Morgan fingerprint density at radius 2 is 1.89 bits per heavy atom. The number of carbonyl (C=O) groups excluding carboxylic acids is 1. The van der Waals surface area contributed by atoms with Crippen LogP contribution in [0.25, 0.3) is 6.08 Å². The fourth-order valence-corrected chi connectivity index (χ4v) is 1.50. The highest BCUT2D eigenvalue weighted by atomic mass is 16.3. The van der Waals surface area contributed by atoms with E-state index in [1.165, 1.54) is 11.6 Å². The summed E-state index contributed by atoms with van der Waals surface area (Å²) >= 11 is 0. The van der Waals surface area contributed by atoms with Crippen LogP contribution in [0.4, 0.5) is 0 Å². The minimum atomic E-state index is -0.217. The molecular weight excluding hydrogens is 226 g/mol. The summed E-state index contributed by atoms with van der Waals surface area (Å²) in [5.41, 5.74) is 2.27. The predicted molar refractivity (Wildman–Crippen MR) is 74.3 cm³/mol. The molecule has 3 nitrogen and oxygen atoms in total. The third-order valence-corrected chi connectivity index (χ3v) is 2.69. The van der Waals surface area contributed by atoms with Crippen LogP contribution in [0, 0.1) is 0 Å². The van der Waals surface area contributed by atoms with E-state index in [4.69, 9.17) is 5.11 Å². The van der Waals surface area contributed by atoms with E-state index in [-0.39, 0.29) is 18.6 Å². The number of rotatable bonds is 5. The number of aliphatic hydroxyl groups excluding tert-OH is 1. The van der Waals surface area contributed by atoms with Crippen molar-refractivity contribution in [3.05, 3.63) is 41.5 Å². The maximum absolute atomic E-state index is 11.5. The van der Waals surface area contributed by atoms with Gasteiger partial charge in [0.15, 0.2) is 0 Å². The van der Waals surface area contributed by atoms with Crippen molar-refractivity contribution in [1.29, 1.82) is 0 Å². The molecule has 98 valence electrons. The van der Waals surface area contributed by atoms with Crippen LogP contribution in [-0.4, -0.2) is 23.7 Å². The zero-order valence-corrected chi connectivity index (χ0v) is 11.2. The van der Waals surface area contributed by atoms with Crippen molar-refractivity contribution in [3.63, 3.8) is 0 Å². The van der Waals surface area contributed by atoms with Gasteiger partial charge in [0, 0.05) is 12.1 Å². The summed E-state index contributed by atoms with van der Waals surface area (Å²) in [5.74, 6) is 0.321. The zero-order chi connectivity index (χ0) is 13.5. The number of aliphatic hydroxyl groups is 1. The Kier molecular flexibility index (Phi) is 5.59. The van der Waals surface area contributed by atoms with Gasteiger partial charge in [-0.3, -0.25) is 4.79 Å². The molecule has 1 rings (SSSR count). The maximum atomic E-state index is 11.5. The number of nitrogens with one attached hydrogen (secondary N) is 1. The van der Waals surface area contributed by atoms with E-state index in [1.807, 2.05) is 12.1 Å². The molecule has 2 N–H and O–H groups in total. The Labute approximate surface area is 109 Å². The van der Waals surface area contributed by atoms with E-state index in [0.29, 0.717) is 5.92 Å². The molecule has 1 aromatic rings. The van der Waals surface area contributed by atoms with Gasteiger partial charge in [-0.2, -0.15) is 0 Å². The molecule has 18 heavy (non-hydrogen) atoms. The quantitative estimate of drug-likeness (QED) is 0.784. The number of hydrogen-bond donors (Lipinski definition) is 2. The summed E-state index contributed by atoms with van der Waals surface area (Å²) in [5, 5.41) is 11.5. The Hall–Kier alpha value is -1.61. The molecule has 0 aliphatic rings. The topological polar surface area (TPSA) is 49.3 Å². The number of carbonyl (C=O) groups is 1. The van der Waals surface area contributed by atoms with E-state index < -0.39 is 0 Å². The molecule has 0 spiro atoms. The average Bonchev–Trinajstić information content (AvgIpc) is 2.36. The predicted octanol–water partition coefficient (Wildman–Crippen LogP) is 2.32. The Morgan fingerprint density at radius 1 is 1.28 bits per heavy atom. The van der Waals surface area contributed by atoms with Gasteiger partial charge in [0.1, 0.15) is 0 Å². The van der Waals surface area contributed by atoms with Gasteiger partial charge in [-0.1, -0.05) is 38.1 Å². The molecule has 1 atom stereocenters. The highest BCUT2D eigenvalue weighted by Crippen LogP contribution is 2.15. The van der Waals surface area contributed by atoms with Crippen LogP contribution < -0.4 is 5.32 Å². The molecular formula is C15H21NO2. The van der Waals surface area contributed by atoms with Gasteiger partial charge >= 0.3 is 0 Å². The lowest BCUT2D eigenvalue weighted by atomic mass is 10.0. The second-order valence-corrected chi connectivity index (χ2v) is 4.75. The third-order valence-electron chi connectivity index (χ3n) is 2.69. The molecule has 1 unspecified atom stereocenters. The van der Waals surface area contributed by atoms with Crippen LogP contribution in [0.2, 0.25) is 0 Å². The van der Waals surface area contributed by atoms with Crippen molar-refractivity contribution in [2.75, 3.05) is 6.61 Å². The summed E-state index contributed by atoms with van der Waals surface area (Å²) in [7, 11) is 0. The molecule has 1 aromatic carbocycles. The van der Waals surface area contributed by atoms with Crippen molar-refractivity contribution in [2.45, 2.75) is 32.7 Å². The third kappa shape index (κ3) is 4.72. The maximum Gasteiger partial charge on any atom is 0.244 e. The van der Waals surface area contributed by atoms with Crippen LogP contribution in [-0.2, 0) is 4.79 Å². The van der Waals surface area contributed by atoms with Gasteiger partial charge in [0.2, 0.25) is 5.91 Å². The van der Waals surface area contributed by atoms with Crippen molar-refractivity contribution >= 4 is 12.0 Å². The van der Waals surface area contributed by atoms with Gasteiger partial charge < -0.3 is 10.4 Å². The van der Waals surface area contributed by atoms with E-state index in [9.17, 15) is 4.79 Å². The molecule has 0 radical (unpaired) electrons. The molecule has 0 aliphatic heterocycles. The van der Waals surface area contributed by atoms with Crippen molar-refractivity contribution in [1.82, 2.24) is 5.32 Å². The monoisotopic (exact) mass is 247 g/mol. The lowest BCUT2D eigenvalue weighted by molar-refractivity contribution is -0.117. The molecule has 0 aromatic heterocycles. The summed E-state index contributed by atoms with van der Waals surface area (Å²) in [4.78, 5) is 11.5. The van der Waals surface area contributed by atoms with E-state index in [0.717, 1.165) is 5.56 Å². The molecule has 0 heterocycles. The Morgan fingerprint density at radius 3 is 2.39 bits per heavy atom. The summed E-state index contributed by atoms with van der Waals surface area (Å²) < 4.78 is 0. The van der Waals surface area contributed by atoms with Crippen molar-refractivity contribution in [3.8, 4) is 0 Å². The zero-order valence-electron chi connectivity index (χ0n) is 11.2. The van der Waals surface area contributed by atoms with Gasteiger partial charge in [-0.15, -0.1) is 0 Å². The summed E-state index contributed by atoms with van der Waals surface area (Å²) in [6.45, 7) is 6.00. The van der Waals surface area contributed by atoms with Gasteiger partial charge in [-0.25, -0.2) is 0 Å². The van der Waals surface area contributed by atoms with E-state index in [1.54, 1.807) is 13.0 Å². The lowest BCUT2D eigenvalue weighted by Gasteiger charge is -2.08. The molecule has 0 bridgehead atoms. The summed E-state index contributed by atoms with van der Waals surface area (Å²) in [6.07, 6.45) is 3.25. The SMILES string of the molecule is CC(CO)NC(=O)/C=C/c1ccc(C(C)C)cc1. The van der Waals surface area contributed by atoms with Crippen molar-refractivity contribution in [2.24, 2.45) is 0 Å². The normalized spacial score (nSPS) is 12.9. The minimum Gasteiger partial charge on any atom is -0.394 e. The summed E-state index contributed by atoms with van der Waals surface area (Å²) in [6, 6.07) is 7.91. The molecule has 1 amide bonds.